The predicted octanol–water partition coefficient (Wildman–Crippen LogP) is 1.90. The lowest BCUT2D eigenvalue weighted by Gasteiger charge is -2.53. The Morgan fingerprint density at radius 2 is 1.77 bits per heavy atom. The van der Waals surface area contributed by atoms with E-state index in [1.54, 1.807) is 11.8 Å². The Balaban J connectivity index is 1.80. The first-order valence-corrected chi connectivity index (χ1v) is 11.0. The maximum absolute atomic E-state index is 13.4. The molecule has 30 heavy (non-hydrogen) atoms. The van der Waals surface area contributed by atoms with E-state index in [2.05, 4.69) is 0 Å². The van der Waals surface area contributed by atoms with Crippen molar-refractivity contribution in [3.63, 3.8) is 0 Å². The smallest absolute Gasteiger partial charge is 0.310 e. The van der Waals surface area contributed by atoms with Crippen LogP contribution in [-0.2, 0) is 28.7 Å². The van der Waals surface area contributed by atoms with Gasteiger partial charge in [0, 0.05) is 26.6 Å². The Morgan fingerprint density at radius 3 is 2.30 bits per heavy atom. The van der Waals surface area contributed by atoms with Gasteiger partial charge < -0.3 is 19.3 Å². The van der Waals surface area contributed by atoms with Crippen molar-refractivity contribution >= 4 is 23.8 Å². The molecule has 3 fully saturated rings. The number of carbonyl (C=O) groups excluding carboxylic acids is 4. The van der Waals surface area contributed by atoms with E-state index in [-0.39, 0.29) is 17.8 Å². The van der Waals surface area contributed by atoms with Crippen molar-refractivity contribution < 1.29 is 28.7 Å². The molecule has 2 saturated heterocycles. The fourth-order valence-corrected chi connectivity index (χ4v) is 5.13. The number of hydrogen-bond donors (Lipinski definition) is 0. The minimum atomic E-state index is -0.856. The average molecular weight is 423 g/mol. The van der Waals surface area contributed by atoms with Crippen molar-refractivity contribution in [3.8, 4) is 0 Å². The Kier molecular flexibility index (Phi) is 6.16. The molecule has 2 unspecified atom stereocenters. The summed E-state index contributed by atoms with van der Waals surface area (Å²) in [5.41, 5.74) is -1.42. The third-order valence-electron chi connectivity index (χ3n) is 6.42. The lowest BCUT2D eigenvalue weighted by molar-refractivity contribution is -0.189. The first kappa shape index (κ1) is 22.6. The highest BCUT2D eigenvalue weighted by Gasteiger charge is 2.64. The molecule has 8 nitrogen and oxygen atoms in total. The van der Waals surface area contributed by atoms with Gasteiger partial charge in [-0.1, -0.05) is 6.42 Å². The highest BCUT2D eigenvalue weighted by atomic mass is 16.6. The molecule has 0 aromatic carbocycles. The van der Waals surface area contributed by atoms with E-state index in [0.29, 0.717) is 32.5 Å². The molecule has 3 aliphatic rings. The van der Waals surface area contributed by atoms with Gasteiger partial charge in [0.2, 0.25) is 11.8 Å². The summed E-state index contributed by atoms with van der Waals surface area (Å²) < 4.78 is 10.9. The van der Waals surface area contributed by atoms with Crippen LogP contribution in [0.4, 0.5) is 0 Å². The largest absolute Gasteiger partial charge is 0.460 e. The molecule has 0 aromatic heterocycles. The van der Waals surface area contributed by atoms with Gasteiger partial charge >= 0.3 is 11.9 Å². The minimum Gasteiger partial charge on any atom is -0.460 e. The molecule has 0 bridgehead atoms. The van der Waals surface area contributed by atoms with Crippen molar-refractivity contribution in [1.29, 1.82) is 0 Å². The summed E-state index contributed by atoms with van der Waals surface area (Å²) in [7, 11) is 0. The lowest BCUT2D eigenvalue weighted by Crippen LogP contribution is -2.71. The van der Waals surface area contributed by atoms with Gasteiger partial charge in [-0.2, -0.15) is 0 Å². The second-order valence-electron chi connectivity index (χ2n) is 9.86. The van der Waals surface area contributed by atoms with E-state index in [0.717, 1.165) is 19.3 Å². The molecule has 0 N–H and O–H groups in total. The van der Waals surface area contributed by atoms with Crippen LogP contribution in [0.1, 0.15) is 66.7 Å². The number of amides is 2. The van der Waals surface area contributed by atoms with E-state index in [9.17, 15) is 19.2 Å². The zero-order valence-corrected chi connectivity index (χ0v) is 18.7. The molecule has 2 amide bonds. The zero-order valence-electron chi connectivity index (χ0n) is 18.7. The fraction of sp³-hybridized carbons (Fsp3) is 0.818. The van der Waals surface area contributed by atoms with Crippen LogP contribution in [0.3, 0.4) is 0 Å². The zero-order chi connectivity index (χ0) is 22.3. The lowest BCUT2D eigenvalue weighted by atomic mass is 9.69. The van der Waals surface area contributed by atoms with Gasteiger partial charge in [0.15, 0.2) is 0 Å². The van der Waals surface area contributed by atoms with Gasteiger partial charge in [-0.15, -0.1) is 0 Å². The molecule has 2 aliphatic heterocycles. The molecule has 8 heteroatoms. The molecular formula is C22H34N2O6. The van der Waals surface area contributed by atoms with Crippen LogP contribution in [0.25, 0.3) is 0 Å². The summed E-state index contributed by atoms with van der Waals surface area (Å²) in [6.45, 7) is 9.99. The predicted molar refractivity (Wildman–Crippen MR) is 108 cm³/mol. The quantitative estimate of drug-likeness (QED) is 0.496. The second kappa shape index (κ2) is 8.19. The highest BCUT2D eigenvalue weighted by molar-refractivity contribution is 5.98. The van der Waals surface area contributed by atoms with E-state index in [1.807, 2.05) is 20.8 Å². The molecule has 1 saturated carbocycles. The molecular weight excluding hydrogens is 388 g/mol. The Hall–Kier alpha value is -2.12. The van der Waals surface area contributed by atoms with Crippen LogP contribution in [0.5, 0.6) is 0 Å². The summed E-state index contributed by atoms with van der Waals surface area (Å²) in [4.78, 5) is 54.2. The van der Waals surface area contributed by atoms with Crippen LogP contribution in [0.15, 0.2) is 0 Å². The average Bonchev–Trinajstić information content (AvgIpc) is 3.29. The van der Waals surface area contributed by atoms with Gasteiger partial charge in [-0.25, -0.2) is 0 Å². The number of rotatable bonds is 5. The maximum Gasteiger partial charge on any atom is 0.310 e. The normalized spacial score (nSPS) is 28.3. The maximum atomic E-state index is 13.4. The van der Waals surface area contributed by atoms with Crippen LogP contribution >= 0.6 is 0 Å². The summed E-state index contributed by atoms with van der Waals surface area (Å²) in [6.07, 6.45) is 3.10. The first-order valence-electron chi connectivity index (χ1n) is 11.0. The van der Waals surface area contributed by atoms with Gasteiger partial charge in [-0.3, -0.25) is 19.2 Å². The number of esters is 2. The van der Waals surface area contributed by atoms with Crippen molar-refractivity contribution in [2.24, 2.45) is 11.3 Å². The van der Waals surface area contributed by atoms with Crippen LogP contribution in [0.2, 0.25) is 0 Å². The number of likely N-dealkylation sites (tertiary alicyclic amines) is 2. The van der Waals surface area contributed by atoms with E-state index in [1.165, 1.54) is 11.8 Å². The number of β-lactam (4-membered cyclic amide) rings is 1. The third-order valence-corrected chi connectivity index (χ3v) is 6.42. The Bertz CT molecular complexity index is 724. The number of ether oxygens (including phenoxy) is 2. The minimum absolute atomic E-state index is 0.184. The van der Waals surface area contributed by atoms with Gasteiger partial charge in [0.05, 0.1) is 11.3 Å². The summed E-state index contributed by atoms with van der Waals surface area (Å²) in [6, 6.07) is -0.856. The SMILES string of the molecule is CC(=O)O[C@H](C)[C@@H](C(=O)N1CCCC1)N1CC2(CCCC2C(=O)OC(C)(C)C)C1=O. The van der Waals surface area contributed by atoms with Crippen molar-refractivity contribution in [2.45, 2.75) is 84.5 Å². The topological polar surface area (TPSA) is 93.2 Å². The van der Waals surface area contributed by atoms with Crippen molar-refractivity contribution in [1.82, 2.24) is 9.80 Å². The molecule has 168 valence electrons. The molecule has 4 atom stereocenters. The molecule has 0 radical (unpaired) electrons. The molecule has 1 spiro atoms. The molecule has 1 aliphatic carbocycles. The van der Waals surface area contributed by atoms with Crippen LogP contribution in [0, 0.1) is 11.3 Å². The van der Waals surface area contributed by atoms with Crippen molar-refractivity contribution in [2.75, 3.05) is 19.6 Å². The van der Waals surface area contributed by atoms with Gasteiger partial charge in [-0.05, 0) is 53.4 Å². The molecule has 0 aromatic rings. The van der Waals surface area contributed by atoms with Crippen molar-refractivity contribution in [3.05, 3.63) is 0 Å². The van der Waals surface area contributed by atoms with E-state index in [4.69, 9.17) is 9.47 Å². The van der Waals surface area contributed by atoms with Crippen LogP contribution < -0.4 is 0 Å². The fourth-order valence-electron chi connectivity index (χ4n) is 5.13. The Labute approximate surface area is 178 Å². The standard InChI is InChI=1S/C22H34N2O6/c1-14(29-15(2)25)17(18(26)23-11-6-7-12-23)24-13-22(20(24)28)10-8-9-16(22)19(27)30-21(3,4)5/h14,16-17H,6-13H2,1-5H3/t14-,16?,17+,22?/m1/s1. The number of hydrogen-bond acceptors (Lipinski definition) is 6. The number of carbonyl (C=O) groups is 4. The highest BCUT2D eigenvalue weighted by Crippen LogP contribution is 2.52. The molecule has 3 rings (SSSR count). The van der Waals surface area contributed by atoms with Crippen LogP contribution in [-0.4, -0.2) is 70.9 Å². The van der Waals surface area contributed by atoms with E-state index >= 15 is 0 Å². The Morgan fingerprint density at radius 1 is 1.13 bits per heavy atom. The van der Waals surface area contributed by atoms with Gasteiger partial charge in [0.25, 0.3) is 0 Å². The number of nitrogens with zero attached hydrogens (tertiary/aromatic N) is 2. The van der Waals surface area contributed by atoms with E-state index < -0.39 is 35.0 Å². The molecule has 2 heterocycles. The third kappa shape index (κ3) is 4.18. The van der Waals surface area contributed by atoms with Gasteiger partial charge in [0.1, 0.15) is 17.7 Å². The second-order valence-corrected chi connectivity index (χ2v) is 9.86. The first-order chi connectivity index (χ1) is 14.0. The summed E-state index contributed by atoms with van der Waals surface area (Å²) >= 11 is 0. The monoisotopic (exact) mass is 422 g/mol. The summed E-state index contributed by atoms with van der Waals surface area (Å²) in [5.74, 6) is -1.71. The summed E-state index contributed by atoms with van der Waals surface area (Å²) in [5, 5.41) is 0.